The van der Waals surface area contributed by atoms with Crippen molar-refractivity contribution in [2.75, 3.05) is 19.5 Å². The number of halogens is 1. The van der Waals surface area contributed by atoms with E-state index < -0.39 is 10.0 Å². The van der Waals surface area contributed by atoms with E-state index >= 15 is 0 Å². The highest BCUT2D eigenvalue weighted by atomic mass is 35.5. The van der Waals surface area contributed by atoms with Crippen LogP contribution in [0.25, 0.3) is 0 Å². The molecule has 0 aliphatic heterocycles. The van der Waals surface area contributed by atoms with Gasteiger partial charge in [-0.3, -0.25) is 0 Å². The molecule has 6 heteroatoms. The SMILES string of the molecule is COc1ccc(C)cc1S(=O)(=O)NCCCCl. The van der Waals surface area contributed by atoms with Gasteiger partial charge in [0.15, 0.2) is 0 Å². The lowest BCUT2D eigenvalue weighted by Crippen LogP contribution is -2.25. The molecule has 0 unspecified atom stereocenters. The average Bonchev–Trinajstić information content (AvgIpc) is 2.29. The van der Waals surface area contributed by atoms with Gasteiger partial charge in [0.1, 0.15) is 10.6 Å². The first kappa shape index (κ1) is 14.3. The first-order valence-corrected chi connectivity index (χ1v) is 7.23. The summed E-state index contributed by atoms with van der Waals surface area (Å²) < 4.78 is 31.5. The zero-order valence-corrected chi connectivity index (χ0v) is 11.4. The van der Waals surface area contributed by atoms with Gasteiger partial charge in [0.05, 0.1) is 7.11 Å². The largest absolute Gasteiger partial charge is 0.495 e. The van der Waals surface area contributed by atoms with Crippen LogP contribution in [0, 0.1) is 6.92 Å². The molecular formula is C11H16ClNO3S. The van der Waals surface area contributed by atoms with Gasteiger partial charge >= 0.3 is 0 Å². The second kappa shape index (κ2) is 6.23. The van der Waals surface area contributed by atoms with E-state index in [0.29, 0.717) is 24.6 Å². The molecule has 0 amide bonds. The van der Waals surface area contributed by atoms with Crippen molar-refractivity contribution < 1.29 is 13.2 Å². The number of sulfonamides is 1. The standard InChI is InChI=1S/C11H16ClNO3S/c1-9-4-5-10(16-2)11(8-9)17(14,15)13-7-3-6-12/h4-5,8,13H,3,6-7H2,1-2H3. The molecule has 0 bridgehead atoms. The molecule has 1 aromatic rings. The maximum atomic E-state index is 12.0. The number of nitrogens with one attached hydrogen (secondary N) is 1. The van der Waals surface area contributed by atoms with Crippen LogP contribution in [0.3, 0.4) is 0 Å². The maximum Gasteiger partial charge on any atom is 0.244 e. The van der Waals surface area contributed by atoms with Crippen LogP contribution in [0.2, 0.25) is 0 Å². The minimum atomic E-state index is -3.53. The van der Waals surface area contributed by atoms with E-state index in [1.807, 2.05) is 6.92 Å². The fourth-order valence-corrected chi connectivity index (χ4v) is 2.80. The Hall–Kier alpha value is -0.780. The number of ether oxygens (including phenoxy) is 1. The van der Waals surface area contributed by atoms with E-state index in [1.54, 1.807) is 18.2 Å². The quantitative estimate of drug-likeness (QED) is 0.638. The number of methoxy groups -OCH3 is 1. The highest BCUT2D eigenvalue weighted by Gasteiger charge is 2.18. The van der Waals surface area contributed by atoms with Crippen LogP contribution < -0.4 is 9.46 Å². The van der Waals surface area contributed by atoms with Gasteiger partial charge in [-0.15, -0.1) is 11.6 Å². The zero-order valence-electron chi connectivity index (χ0n) is 9.86. The van der Waals surface area contributed by atoms with Crippen molar-refractivity contribution in [3.8, 4) is 5.75 Å². The van der Waals surface area contributed by atoms with E-state index in [0.717, 1.165) is 5.56 Å². The first-order chi connectivity index (χ1) is 8.01. The van der Waals surface area contributed by atoms with Gasteiger partial charge < -0.3 is 4.74 Å². The molecule has 0 spiro atoms. The Balaban J connectivity index is 3.00. The van der Waals surface area contributed by atoms with Crippen LogP contribution in [-0.2, 0) is 10.0 Å². The summed E-state index contributed by atoms with van der Waals surface area (Å²) in [4.78, 5) is 0.162. The molecule has 0 aliphatic carbocycles. The summed E-state index contributed by atoms with van der Waals surface area (Å²) in [5, 5.41) is 0. The molecule has 1 rings (SSSR count). The highest BCUT2D eigenvalue weighted by molar-refractivity contribution is 7.89. The van der Waals surface area contributed by atoms with Crippen molar-refractivity contribution in [3.63, 3.8) is 0 Å². The Morgan fingerprint density at radius 2 is 2.12 bits per heavy atom. The topological polar surface area (TPSA) is 55.4 Å². The summed E-state index contributed by atoms with van der Waals surface area (Å²) in [5.74, 6) is 0.766. The molecule has 17 heavy (non-hydrogen) atoms. The molecule has 0 radical (unpaired) electrons. The molecule has 96 valence electrons. The van der Waals surface area contributed by atoms with Crippen LogP contribution in [0.15, 0.2) is 23.1 Å². The third-order valence-corrected chi connectivity index (χ3v) is 3.96. The van der Waals surface area contributed by atoms with Gasteiger partial charge in [0.25, 0.3) is 0 Å². The summed E-state index contributed by atoms with van der Waals surface area (Å²) in [7, 11) is -2.08. The number of hydrogen-bond acceptors (Lipinski definition) is 3. The lowest BCUT2D eigenvalue weighted by Gasteiger charge is -2.11. The second-order valence-electron chi connectivity index (χ2n) is 3.59. The number of aryl methyl sites for hydroxylation is 1. The Morgan fingerprint density at radius 1 is 1.41 bits per heavy atom. The number of rotatable bonds is 6. The van der Waals surface area contributed by atoms with Gasteiger partial charge in [-0.1, -0.05) is 6.07 Å². The van der Waals surface area contributed by atoms with Crippen LogP contribution in [-0.4, -0.2) is 28.0 Å². The minimum absolute atomic E-state index is 0.162. The lowest BCUT2D eigenvalue weighted by molar-refractivity contribution is 0.402. The van der Waals surface area contributed by atoms with Crippen molar-refractivity contribution >= 4 is 21.6 Å². The van der Waals surface area contributed by atoms with Gasteiger partial charge in [0, 0.05) is 12.4 Å². The van der Waals surface area contributed by atoms with Crippen molar-refractivity contribution in [1.82, 2.24) is 4.72 Å². The fourth-order valence-electron chi connectivity index (χ4n) is 1.35. The molecular weight excluding hydrogens is 262 g/mol. The Bertz CT molecular complexity index is 474. The van der Waals surface area contributed by atoms with Crippen molar-refractivity contribution in [2.24, 2.45) is 0 Å². The smallest absolute Gasteiger partial charge is 0.244 e. The van der Waals surface area contributed by atoms with Gasteiger partial charge in [-0.25, -0.2) is 13.1 Å². The van der Waals surface area contributed by atoms with Crippen molar-refractivity contribution in [3.05, 3.63) is 23.8 Å². The maximum absolute atomic E-state index is 12.0. The average molecular weight is 278 g/mol. The van der Waals surface area contributed by atoms with E-state index in [4.69, 9.17) is 16.3 Å². The van der Waals surface area contributed by atoms with Gasteiger partial charge in [0.2, 0.25) is 10.0 Å². The zero-order chi connectivity index (χ0) is 12.9. The fraction of sp³-hybridized carbons (Fsp3) is 0.455. The molecule has 1 N–H and O–H groups in total. The molecule has 0 fully saturated rings. The number of alkyl halides is 1. The molecule has 0 heterocycles. The molecule has 1 aromatic carbocycles. The molecule has 0 saturated carbocycles. The van der Waals surface area contributed by atoms with Crippen LogP contribution in [0.4, 0.5) is 0 Å². The second-order valence-corrected chi connectivity index (χ2v) is 5.71. The normalized spacial score (nSPS) is 11.5. The Morgan fingerprint density at radius 3 is 2.71 bits per heavy atom. The van der Waals surface area contributed by atoms with Crippen LogP contribution in [0.5, 0.6) is 5.75 Å². The summed E-state index contributed by atoms with van der Waals surface area (Å²) in [6.45, 7) is 2.15. The van der Waals surface area contributed by atoms with E-state index in [2.05, 4.69) is 4.72 Å². The van der Waals surface area contributed by atoms with Crippen LogP contribution >= 0.6 is 11.6 Å². The summed E-state index contributed by atoms with van der Waals surface area (Å²) in [5.41, 5.74) is 0.864. The summed E-state index contributed by atoms with van der Waals surface area (Å²) >= 11 is 5.50. The van der Waals surface area contributed by atoms with E-state index in [-0.39, 0.29) is 4.90 Å². The third-order valence-electron chi connectivity index (χ3n) is 2.21. The van der Waals surface area contributed by atoms with Crippen molar-refractivity contribution in [2.45, 2.75) is 18.2 Å². The Kier molecular flexibility index (Phi) is 5.24. The Labute approximate surface area is 107 Å². The van der Waals surface area contributed by atoms with Gasteiger partial charge in [-0.2, -0.15) is 0 Å². The molecule has 4 nitrogen and oxygen atoms in total. The predicted octanol–water partition coefficient (Wildman–Crippen LogP) is 1.91. The highest BCUT2D eigenvalue weighted by Crippen LogP contribution is 2.24. The minimum Gasteiger partial charge on any atom is -0.495 e. The first-order valence-electron chi connectivity index (χ1n) is 5.21. The van der Waals surface area contributed by atoms with E-state index in [1.165, 1.54) is 7.11 Å². The number of benzene rings is 1. The van der Waals surface area contributed by atoms with Crippen LogP contribution in [0.1, 0.15) is 12.0 Å². The molecule has 0 aliphatic rings. The lowest BCUT2D eigenvalue weighted by atomic mass is 10.2. The summed E-state index contributed by atoms with van der Waals surface area (Å²) in [6, 6.07) is 5.03. The third kappa shape index (κ3) is 3.87. The predicted molar refractivity (Wildman–Crippen MR) is 68.3 cm³/mol. The molecule has 0 atom stereocenters. The van der Waals surface area contributed by atoms with Gasteiger partial charge in [-0.05, 0) is 31.0 Å². The van der Waals surface area contributed by atoms with Crippen molar-refractivity contribution in [1.29, 1.82) is 0 Å². The summed E-state index contributed by atoms with van der Waals surface area (Å²) in [6.07, 6.45) is 0.592. The molecule has 0 saturated heterocycles. The number of hydrogen-bond donors (Lipinski definition) is 1. The molecule has 0 aromatic heterocycles. The monoisotopic (exact) mass is 277 g/mol. The van der Waals surface area contributed by atoms with E-state index in [9.17, 15) is 8.42 Å².